The van der Waals surface area contributed by atoms with Crippen LogP contribution in [0.25, 0.3) is 0 Å². The van der Waals surface area contributed by atoms with E-state index >= 15 is 0 Å². The van der Waals surface area contributed by atoms with E-state index in [4.69, 9.17) is 5.73 Å². The van der Waals surface area contributed by atoms with Gasteiger partial charge in [-0.3, -0.25) is 9.48 Å². The van der Waals surface area contributed by atoms with Crippen molar-refractivity contribution in [2.75, 3.05) is 18.8 Å². The van der Waals surface area contributed by atoms with Gasteiger partial charge in [0, 0.05) is 25.8 Å². The molecule has 1 saturated heterocycles. The van der Waals surface area contributed by atoms with Gasteiger partial charge in [0.2, 0.25) is 0 Å². The van der Waals surface area contributed by atoms with Crippen LogP contribution in [0, 0.1) is 5.92 Å². The Morgan fingerprint density at radius 2 is 2.18 bits per heavy atom. The Labute approximate surface area is 102 Å². The number of amides is 1. The van der Waals surface area contributed by atoms with E-state index in [0.29, 0.717) is 17.3 Å². The number of piperidine rings is 1. The molecule has 5 nitrogen and oxygen atoms in total. The molecule has 2 rings (SSSR count). The fourth-order valence-electron chi connectivity index (χ4n) is 2.13. The summed E-state index contributed by atoms with van der Waals surface area (Å²) in [6.07, 6.45) is 3.86. The van der Waals surface area contributed by atoms with E-state index in [9.17, 15) is 4.79 Å². The summed E-state index contributed by atoms with van der Waals surface area (Å²) in [5.41, 5.74) is 6.71. The van der Waals surface area contributed by atoms with Crippen LogP contribution in [0.5, 0.6) is 0 Å². The number of rotatable bonds is 2. The second-order valence-electron chi connectivity index (χ2n) is 4.76. The molecule has 0 radical (unpaired) electrons. The first-order valence-electron chi connectivity index (χ1n) is 6.24. The molecule has 0 saturated carbocycles. The van der Waals surface area contributed by atoms with Gasteiger partial charge in [-0.05, 0) is 25.7 Å². The minimum atomic E-state index is -0.0263. The minimum Gasteiger partial charge on any atom is -0.396 e. The Balaban J connectivity index is 2.11. The van der Waals surface area contributed by atoms with E-state index in [-0.39, 0.29) is 5.91 Å². The Morgan fingerprint density at radius 3 is 2.71 bits per heavy atom. The molecule has 2 N–H and O–H groups in total. The summed E-state index contributed by atoms with van der Waals surface area (Å²) in [6, 6.07) is 0. The van der Waals surface area contributed by atoms with Gasteiger partial charge < -0.3 is 10.6 Å². The van der Waals surface area contributed by atoms with Gasteiger partial charge in [0.1, 0.15) is 0 Å². The molecule has 1 aliphatic rings. The third kappa shape index (κ3) is 2.43. The van der Waals surface area contributed by atoms with Crippen molar-refractivity contribution in [3.05, 3.63) is 11.9 Å². The maximum Gasteiger partial charge on any atom is 0.276 e. The fourth-order valence-corrected chi connectivity index (χ4v) is 2.13. The van der Waals surface area contributed by atoms with Gasteiger partial charge in [0.25, 0.3) is 5.91 Å². The molecule has 0 unspecified atom stereocenters. The van der Waals surface area contributed by atoms with Crippen LogP contribution in [0.2, 0.25) is 0 Å². The van der Waals surface area contributed by atoms with Crippen LogP contribution in [-0.4, -0.2) is 33.7 Å². The van der Waals surface area contributed by atoms with Crippen molar-refractivity contribution >= 4 is 11.6 Å². The number of hydrogen-bond acceptors (Lipinski definition) is 3. The van der Waals surface area contributed by atoms with E-state index in [1.807, 2.05) is 11.8 Å². The SMILES string of the molecule is CCn1cc(N)c(C(=O)N2CCC(C)CC2)n1. The number of carbonyl (C=O) groups excluding carboxylic acids is 1. The van der Waals surface area contributed by atoms with Crippen molar-refractivity contribution < 1.29 is 4.79 Å². The largest absolute Gasteiger partial charge is 0.396 e. The van der Waals surface area contributed by atoms with Crippen LogP contribution in [0.4, 0.5) is 5.69 Å². The molecule has 0 atom stereocenters. The number of likely N-dealkylation sites (tertiary alicyclic amines) is 1. The Morgan fingerprint density at radius 1 is 1.53 bits per heavy atom. The van der Waals surface area contributed by atoms with Crippen LogP contribution in [0.15, 0.2) is 6.20 Å². The summed E-state index contributed by atoms with van der Waals surface area (Å²) in [5, 5.41) is 4.22. The molecule has 1 fully saturated rings. The molecule has 1 aromatic rings. The number of nitrogen functional groups attached to an aromatic ring is 1. The van der Waals surface area contributed by atoms with Gasteiger partial charge in [-0.1, -0.05) is 6.92 Å². The van der Waals surface area contributed by atoms with Crippen LogP contribution < -0.4 is 5.73 Å². The number of nitrogens with two attached hydrogens (primary N) is 1. The first kappa shape index (κ1) is 12.0. The van der Waals surface area contributed by atoms with Crippen LogP contribution in [0.3, 0.4) is 0 Å². The van der Waals surface area contributed by atoms with Crippen molar-refractivity contribution in [3.8, 4) is 0 Å². The fraction of sp³-hybridized carbons (Fsp3) is 0.667. The third-order valence-corrected chi connectivity index (χ3v) is 3.39. The smallest absolute Gasteiger partial charge is 0.276 e. The summed E-state index contributed by atoms with van der Waals surface area (Å²) in [6.45, 7) is 6.57. The standard InChI is InChI=1S/C12H20N4O/c1-3-16-8-10(13)11(14-16)12(17)15-6-4-9(2)5-7-15/h8-9H,3-7,13H2,1-2H3. The summed E-state index contributed by atoms with van der Waals surface area (Å²) in [7, 11) is 0. The van der Waals surface area contributed by atoms with Crippen LogP contribution >= 0.6 is 0 Å². The lowest BCUT2D eigenvalue weighted by Crippen LogP contribution is -2.38. The second kappa shape index (κ2) is 4.77. The number of carbonyl (C=O) groups is 1. The maximum atomic E-state index is 12.2. The van der Waals surface area contributed by atoms with Crippen LogP contribution in [0.1, 0.15) is 37.2 Å². The highest BCUT2D eigenvalue weighted by Gasteiger charge is 2.24. The first-order valence-corrected chi connectivity index (χ1v) is 6.24. The average Bonchev–Trinajstić information content (AvgIpc) is 2.71. The van der Waals surface area contributed by atoms with Gasteiger partial charge in [-0.2, -0.15) is 5.10 Å². The molecular formula is C12H20N4O. The normalized spacial score (nSPS) is 17.4. The van der Waals surface area contributed by atoms with E-state index in [2.05, 4.69) is 12.0 Å². The summed E-state index contributed by atoms with van der Waals surface area (Å²) in [4.78, 5) is 14.1. The lowest BCUT2D eigenvalue weighted by Gasteiger charge is -2.29. The summed E-state index contributed by atoms with van der Waals surface area (Å²) >= 11 is 0. The van der Waals surface area contributed by atoms with Gasteiger partial charge >= 0.3 is 0 Å². The van der Waals surface area contributed by atoms with E-state index in [1.54, 1.807) is 10.9 Å². The van der Waals surface area contributed by atoms with Gasteiger partial charge in [-0.15, -0.1) is 0 Å². The molecule has 1 aromatic heterocycles. The van der Waals surface area contributed by atoms with Crippen molar-refractivity contribution in [2.24, 2.45) is 5.92 Å². The van der Waals surface area contributed by atoms with Crippen molar-refractivity contribution in [1.82, 2.24) is 14.7 Å². The van der Waals surface area contributed by atoms with Gasteiger partial charge in [-0.25, -0.2) is 0 Å². The molecule has 5 heteroatoms. The molecule has 0 bridgehead atoms. The molecule has 2 heterocycles. The topological polar surface area (TPSA) is 64.2 Å². The minimum absolute atomic E-state index is 0.0263. The van der Waals surface area contributed by atoms with E-state index < -0.39 is 0 Å². The molecule has 1 aliphatic heterocycles. The highest BCUT2D eigenvalue weighted by molar-refractivity contribution is 5.97. The monoisotopic (exact) mass is 236 g/mol. The Hall–Kier alpha value is -1.52. The molecule has 17 heavy (non-hydrogen) atoms. The lowest BCUT2D eigenvalue weighted by molar-refractivity contribution is 0.0691. The molecular weight excluding hydrogens is 216 g/mol. The molecule has 94 valence electrons. The van der Waals surface area contributed by atoms with Gasteiger partial charge in [0.15, 0.2) is 5.69 Å². The Kier molecular flexibility index (Phi) is 3.36. The zero-order valence-electron chi connectivity index (χ0n) is 10.5. The van der Waals surface area contributed by atoms with Crippen LogP contribution in [-0.2, 0) is 6.54 Å². The first-order chi connectivity index (χ1) is 8.11. The number of aromatic nitrogens is 2. The average molecular weight is 236 g/mol. The predicted octanol–water partition coefficient (Wildman–Crippen LogP) is 1.36. The number of hydrogen-bond donors (Lipinski definition) is 1. The predicted molar refractivity (Wildman–Crippen MR) is 66.6 cm³/mol. The van der Waals surface area contributed by atoms with Crippen molar-refractivity contribution in [1.29, 1.82) is 0 Å². The summed E-state index contributed by atoms with van der Waals surface area (Å²) < 4.78 is 1.70. The highest BCUT2D eigenvalue weighted by Crippen LogP contribution is 2.19. The third-order valence-electron chi connectivity index (χ3n) is 3.39. The molecule has 0 aliphatic carbocycles. The molecule has 0 aromatic carbocycles. The Bertz CT molecular complexity index is 405. The molecule has 0 spiro atoms. The second-order valence-corrected chi connectivity index (χ2v) is 4.76. The van der Waals surface area contributed by atoms with Crippen molar-refractivity contribution in [3.63, 3.8) is 0 Å². The number of anilines is 1. The summed E-state index contributed by atoms with van der Waals surface area (Å²) in [5.74, 6) is 0.686. The number of aryl methyl sites for hydroxylation is 1. The zero-order valence-corrected chi connectivity index (χ0v) is 10.5. The van der Waals surface area contributed by atoms with E-state index in [0.717, 1.165) is 32.5 Å². The quantitative estimate of drug-likeness (QED) is 0.843. The molecule has 1 amide bonds. The lowest BCUT2D eigenvalue weighted by atomic mass is 9.99. The van der Waals surface area contributed by atoms with Crippen molar-refractivity contribution in [2.45, 2.75) is 33.2 Å². The number of nitrogens with zero attached hydrogens (tertiary/aromatic N) is 3. The van der Waals surface area contributed by atoms with E-state index in [1.165, 1.54) is 0 Å². The maximum absolute atomic E-state index is 12.2. The zero-order chi connectivity index (χ0) is 12.4. The van der Waals surface area contributed by atoms with Gasteiger partial charge in [0.05, 0.1) is 5.69 Å². The highest BCUT2D eigenvalue weighted by atomic mass is 16.2.